The normalized spacial score (nSPS) is 16.6. The maximum Gasteiger partial charge on any atom is 0.252 e. The van der Waals surface area contributed by atoms with E-state index in [-0.39, 0.29) is 11.3 Å². The first kappa shape index (κ1) is 13.2. The standard InChI is InChI=1S/C12H12BrCl2NO/c13-10-2-1-8(15)5-9(10)11(17)16-7-12(6-14)3-4-12/h1-2,5H,3-4,6-7H2,(H,16,17). The number of carbonyl (C=O) groups excluding carboxylic acids is 1. The molecule has 0 aromatic heterocycles. The summed E-state index contributed by atoms with van der Waals surface area (Å²) in [5.41, 5.74) is 0.685. The van der Waals surface area contributed by atoms with Gasteiger partial charge < -0.3 is 5.32 Å². The molecule has 1 aromatic rings. The van der Waals surface area contributed by atoms with Crippen LogP contribution < -0.4 is 5.32 Å². The van der Waals surface area contributed by atoms with Crippen molar-refractivity contribution in [3.8, 4) is 0 Å². The zero-order chi connectivity index (χ0) is 12.5. The summed E-state index contributed by atoms with van der Waals surface area (Å²) in [6, 6.07) is 5.16. The van der Waals surface area contributed by atoms with Crippen LogP contribution in [0.15, 0.2) is 22.7 Å². The van der Waals surface area contributed by atoms with Crippen LogP contribution in [0.1, 0.15) is 23.2 Å². The van der Waals surface area contributed by atoms with Crippen molar-refractivity contribution in [2.45, 2.75) is 12.8 Å². The van der Waals surface area contributed by atoms with Gasteiger partial charge in [0.05, 0.1) is 5.56 Å². The third-order valence-electron chi connectivity index (χ3n) is 3.04. The molecule has 1 fully saturated rings. The molecular weight excluding hydrogens is 325 g/mol. The van der Waals surface area contributed by atoms with E-state index >= 15 is 0 Å². The zero-order valence-corrected chi connectivity index (χ0v) is 12.2. The largest absolute Gasteiger partial charge is 0.351 e. The Morgan fingerprint density at radius 3 is 2.76 bits per heavy atom. The van der Waals surface area contributed by atoms with E-state index in [1.807, 2.05) is 0 Å². The molecule has 0 bridgehead atoms. The molecular formula is C12H12BrCl2NO. The zero-order valence-electron chi connectivity index (χ0n) is 9.10. The molecule has 0 aliphatic heterocycles. The summed E-state index contributed by atoms with van der Waals surface area (Å²) in [5.74, 6) is 0.486. The Balaban J connectivity index is 2.02. The fourth-order valence-corrected chi connectivity index (χ4v) is 2.53. The van der Waals surface area contributed by atoms with Crippen LogP contribution in [0.4, 0.5) is 0 Å². The first-order valence-electron chi connectivity index (χ1n) is 5.36. The summed E-state index contributed by atoms with van der Waals surface area (Å²) in [6.07, 6.45) is 2.18. The average molecular weight is 337 g/mol. The van der Waals surface area contributed by atoms with Crippen molar-refractivity contribution in [1.29, 1.82) is 0 Å². The molecule has 92 valence electrons. The van der Waals surface area contributed by atoms with Crippen molar-refractivity contribution in [2.75, 3.05) is 12.4 Å². The van der Waals surface area contributed by atoms with Crippen molar-refractivity contribution in [1.82, 2.24) is 5.32 Å². The third-order valence-corrected chi connectivity index (χ3v) is 4.53. The lowest BCUT2D eigenvalue weighted by atomic mass is 10.1. The fraction of sp³-hybridized carbons (Fsp3) is 0.417. The predicted molar refractivity (Wildman–Crippen MR) is 73.9 cm³/mol. The number of hydrogen-bond donors (Lipinski definition) is 1. The number of carbonyl (C=O) groups is 1. The minimum atomic E-state index is -0.115. The maximum absolute atomic E-state index is 12.0. The van der Waals surface area contributed by atoms with E-state index in [1.165, 1.54) is 0 Å². The van der Waals surface area contributed by atoms with E-state index < -0.39 is 0 Å². The lowest BCUT2D eigenvalue weighted by Gasteiger charge is -2.13. The quantitative estimate of drug-likeness (QED) is 0.831. The van der Waals surface area contributed by atoms with Crippen LogP contribution >= 0.6 is 39.1 Å². The summed E-state index contributed by atoms with van der Waals surface area (Å²) >= 11 is 15.1. The highest BCUT2D eigenvalue weighted by Gasteiger charge is 2.41. The second-order valence-corrected chi connectivity index (χ2v) is 6.00. The third kappa shape index (κ3) is 3.15. The highest BCUT2D eigenvalue weighted by Crippen LogP contribution is 2.45. The lowest BCUT2D eigenvalue weighted by Crippen LogP contribution is -2.31. The van der Waals surface area contributed by atoms with Gasteiger partial charge >= 0.3 is 0 Å². The van der Waals surface area contributed by atoms with Crippen molar-refractivity contribution in [3.63, 3.8) is 0 Å². The number of halogens is 3. The highest BCUT2D eigenvalue weighted by molar-refractivity contribution is 9.10. The molecule has 2 rings (SSSR count). The van der Waals surface area contributed by atoms with Gasteiger partial charge in [-0.3, -0.25) is 4.79 Å². The Labute approximate surface area is 119 Å². The van der Waals surface area contributed by atoms with E-state index in [0.29, 0.717) is 23.0 Å². The molecule has 5 heteroatoms. The van der Waals surface area contributed by atoms with E-state index in [1.54, 1.807) is 18.2 Å². The maximum atomic E-state index is 12.0. The Hall–Kier alpha value is -0.250. The molecule has 17 heavy (non-hydrogen) atoms. The molecule has 1 aromatic carbocycles. The Morgan fingerprint density at radius 2 is 2.18 bits per heavy atom. The molecule has 0 atom stereocenters. The van der Waals surface area contributed by atoms with Gasteiger partial charge in [-0.15, -0.1) is 11.6 Å². The number of rotatable bonds is 4. The van der Waals surface area contributed by atoms with Crippen LogP contribution in [-0.4, -0.2) is 18.3 Å². The molecule has 1 aliphatic carbocycles. The Morgan fingerprint density at radius 1 is 1.47 bits per heavy atom. The molecule has 0 heterocycles. The molecule has 0 radical (unpaired) electrons. The van der Waals surface area contributed by atoms with Crippen molar-refractivity contribution in [3.05, 3.63) is 33.3 Å². The number of hydrogen-bond acceptors (Lipinski definition) is 1. The van der Waals surface area contributed by atoms with Crippen molar-refractivity contribution < 1.29 is 4.79 Å². The van der Waals surface area contributed by atoms with Crippen molar-refractivity contribution in [2.24, 2.45) is 5.41 Å². The van der Waals surface area contributed by atoms with Crippen LogP contribution in [0.3, 0.4) is 0 Å². The topological polar surface area (TPSA) is 29.1 Å². The summed E-state index contributed by atoms with van der Waals surface area (Å²) < 4.78 is 0.745. The van der Waals surface area contributed by atoms with Gasteiger partial charge in [0.1, 0.15) is 0 Å². The average Bonchev–Trinajstić information content (AvgIpc) is 3.10. The van der Waals surface area contributed by atoms with Crippen molar-refractivity contribution >= 4 is 45.0 Å². The molecule has 0 unspecified atom stereocenters. The molecule has 1 N–H and O–H groups in total. The molecule has 0 saturated heterocycles. The molecule has 1 amide bonds. The van der Waals surface area contributed by atoms with Crippen LogP contribution in [0.25, 0.3) is 0 Å². The number of benzene rings is 1. The van der Waals surface area contributed by atoms with E-state index in [4.69, 9.17) is 23.2 Å². The Kier molecular flexibility index (Phi) is 4.01. The van der Waals surface area contributed by atoms with Gasteiger partial charge in [-0.2, -0.15) is 0 Å². The summed E-state index contributed by atoms with van der Waals surface area (Å²) in [7, 11) is 0. The van der Waals surface area contributed by atoms with Gasteiger partial charge in [-0.1, -0.05) is 11.6 Å². The van der Waals surface area contributed by atoms with Gasteiger partial charge in [-0.25, -0.2) is 0 Å². The summed E-state index contributed by atoms with van der Waals surface area (Å²) in [4.78, 5) is 12.0. The summed E-state index contributed by atoms with van der Waals surface area (Å²) in [6.45, 7) is 0.633. The van der Waals surface area contributed by atoms with Crippen LogP contribution in [0.5, 0.6) is 0 Å². The molecule has 0 spiro atoms. The van der Waals surface area contributed by atoms with Gasteiger partial charge in [0.2, 0.25) is 0 Å². The monoisotopic (exact) mass is 335 g/mol. The van der Waals surface area contributed by atoms with Crippen LogP contribution in [-0.2, 0) is 0 Å². The van der Waals surface area contributed by atoms with Gasteiger partial charge in [0.25, 0.3) is 5.91 Å². The van der Waals surface area contributed by atoms with E-state index in [9.17, 15) is 4.79 Å². The van der Waals surface area contributed by atoms with Gasteiger partial charge in [0, 0.05) is 27.3 Å². The van der Waals surface area contributed by atoms with Gasteiger partial charge in [0.15, 0.2) is 0 Å². The lowest BCUT2D eigenvalue weighted by molar-refractivity contribution is 0.0945. The molecule has 1 saturated carbocycles. The predicted octanol–water partition coefficient (Wildman–Crippen LogP) is 3.85. The van der Waals surface area contributed by atoms with E-state index in [2.05, 4.69) is 21.2 Å². The number of nitrogens with one attached hydrogen (secondary N) is 1. The smallest absolute Gasteiger partial charge is 0.252 e. The number of alkyl halides is 1. The van der Waals surface area contributed by atoms with Gasteiger partial charge in [-0.05, 0) is 47.0 Å². The van der Waals surface area contributed by atoms with E-state index in [0.717, 1.165) is 17.3 Å². The fourth-order valence-electron chi connectivity index (χ4n) is 1.57. The van der Waals surface area contributed by atoms with Crippen LogP contribution in [0, 0.1) is 5.41 Å². The second-order valence-electron chi connectivity index (χ2n) is 4.44. The number of amides is 1. The molecule has 2 nitrogen and oxygen atoms in total. The SMILES string of the molecule is O=C(NCC1(CCl)CC1)c1cc(Cl)ccc1Br. The minimum Gasteiger partial charge on any atom is -0.351 e. The Bertz CT molecular complexity index is 446. The first-order chi connectivity index (χ1) is 8.06. The first-order valence-corrected chi connectivity index (χ1v) is 7.06. The summed E-state index contributed by atoms with van der Waals surface area (Å²) in [5, 5.41) is 3.46. The second kappa shape index (κ2) is 5.17. The molecule has 1 aliphatic rings. The minimum absolute atomic E-state index is 0.115. The van der Waals surface area contributed by atoms with Crippen LogP contribution in [0.2, 0.25) is 5.02 Å². The highest BCUT2D eigenvalue weighted by atomic mass is 79.9.